The molecule has 2 N–H and O–H groups in total. The van der Waals surface area contributed by atoms with E-state index in [2.05, 4.69) is 28.8 Å². The van der Waals surface area contributed by atoms with Crippen LogP contribution in [0.1, 0.15) is 10.4 Å². The fourth-order valence-electron chi connectivity index (χ4n) is 3.11. The van der Waals surface area contributed by atoms with Crippen LogP contribution < -0.4 is 5.73 Å². The molecular formula is C20H16N2O2. The highest BCUT2D eigenvalue weighted by Crippen LogP contribution is 2.32. The summed E-state index contributed by atoms with van der Waals surface area (Å²) >= 11 is 0. The second-order valence-corrected chi connectivity index (χ2v) is 5.52. The number of fused-ring (bicyclic) bond motifs is 3. The molecule has 0 amide bonds. The molecule has 0 aliphatic rings. The maximum absolute atomic E-state index is 12.0. The Morgan fingerprint density at radius 3 is 2.38 bits per heavy atom. The molecule has 4 aromatic rings. The van der Waals surface area contributed by atoms with Crippen molar-refractivity contribution in [2.24, 2.45) is 5.73 Å². The van der Waals surface area contributed by atoms with Crippen molar-refractivity contribution in [2.45, 2.75) is 0 Å². The van der Waals surface area contributed by atoms with E-state index in [-0.39, 0.29) is 6.73 Å². The highest BCUT2D eigenvalue weighted by atomic mass is 16.5. The van der Waals surface area contributed by atoms with Crippen LogP contribution in [0.4, 0.5) is 0 Å². The van der Waals surface area contributed by atoms with Crippen molar-refractivity contribution in [3.05, 3.63) is 78.4 Å². The number of carbonyl (C=O) groups excluding carboxylic acids is 1. The Balaban J connectivity index is 2.03. The van der Waals surface area contributed by atoms with Gasteiger partial charge >= 0.3 is 5.97 Å². The molecule has 118 valence electrons. The Kier molecular flexibility index (Phi) is 3.52. The zero-order valence-corrected chi connectivity index (χ0v) is 13.0. The third-order valence-electron chi connectivity index (χ3n) is 4.14. The molecule has 0 saturated carbocycles. The zero-order valence-electron chi connectivity index (χ0n) is 13.0. The van der Waals surface area contributed by atoms with Crippen LogP contribution >= 0.6 is 0 Å². The predicted molar refractivity (Wildman–Crippen MR) is 95.3 cm³/mol. The Labute approximate surface area is 139 Å². The van der Waals surface area contributed by atoms with Crippen molar-refractivity contribution in [3.8, 4) is 5.69 Å². The van der Waals surface area contributed by atoms with Gasteiger partial charge in [0, 0.05) is 16.5 Å². The van der Waals surface area contributed by atoms with Crippen LogP contribution in [0.25, 0.3) is 27.5 Å². The van der Waals surface area contributed by atoms with Gasteiger partial charge < -0.3 is 9.30 Å². The summed E-state index contributed by atoms with van der Waals surface area (Å²) in [7, 11) is 0. The Morgan fingerprint density at radius 1 is 0.875 bits per heavy atom. The van der Waals surface area contributed by atoms with Crippen LogP contribution in [0.15, 0.2) is 72.8 Å². The predicted octanol–water partition coefficient (Wildman–Crippen LogP) is 3.86. The lowest BCUT2D eigenvalue weighted by Crippen LogP contribution is -2.11. The average Bonchev–Trinajstić information content (AvgIpc) is 2.96. The molecule has 4 nitrogen and oxygen atoms in total. The van der Waals surface area contributed by atoms with Gasteiger partial charge in [0.25, 0.3) is 0 Å². The van der Waals surface area contributed by atoms with Crippen LogP contribution in [-0.4, -0.2) is 17.3 Å². The number of aromatic nitrogens is 1. The second-order valence-electron chi connectivity index (χ2n) is 5.52. The Hall–Kier alpha value is -3.11. The molecule has 0 atom stereocenters. The summed E-state index contributed by atoms with van der Waals surface area (Å²) < 4.78 is 7.11. The maximum atomic E-state index is 12.0. The first-order valence-electron chi connectivity index (χ1n) is 7.75. The minimum atomic E-state index is -0.407. The zero-order chi connectivity index (χ0) is 16.5. The van der Waals surface area contributed by atoms with Gasteiger partial charge in [-0.3, -0.25) is 5.73 Å². The topological polar surface area (TPSA) is 57.2 Å². The molecule has 0 radical (unpaired) electrons. The monoisotopic (exact) mass is 316 g/mol. The number of ether oxygens (including phenoxy) is 1. The number of esters is 1. The summed E-state index contributed by atoms with van der Waals surface area (Å²) in [6.45, 7) is -0.122. The molecule has 0 aliphatic heterocycles. The van der Waals surface area contributed by atoms with E-state index in [1.54, 1.807) is 6.07 Å². The van der Waals surface area contributed by atoms with Gasteiger partial charge in [0.1, 0.15) is 6.73 Å². The molecule has 0 spiro atoms. The summed E-state index contributed by atoms with van der Waals surface area (Å²) in [5.74, 6) is -0.407. The van der Waals surface area contributed by atoms with E-state index in [9.17, 15) is 4.79 Å². The first-order valence-corrected chi connectivity index (χ1v) is 7.75. The van der Waals surface area contributed by atoms with Gasteiger partial charge in [-0.05, 0) is 36.4 Å². The summed E-state index contributed by atoms with van der Waals surface area (Å²) in [6, 6.07) is 23.9. The van der Waals surface area contributed by atoms with E-state index < -0.39 is 5.97 Å². The minimum Gasteiger partial charge on any atom is -0.446 e. The summed E-state index contributed by atoms with van der Waals surface area (Å²) in [5, 5.41) is 2.11. The van der Waals surface area contributed by atoms with E-state index in [1.165, 1.54) is 0 Å². The number of hydrogen-bond acceptors (Lipinski definition) is 3. The van der Waals surface area contributed by atoms with Crippen molar-refractivity contribution < 1.29 is 9.53 Å². The fourth-order valence-corrected chi connectivity index (χ4v) is 3.11. The average molecular weight is 316 g/mol. The third-order valence-corrected chi connectivity index (χ3v) is 4.14. The van der Waals surface area contributed by atoms with Crippen molar-refractivity contribution in [1.82, 2.24) is 4.57 Å². The smallest absolute Gasteiger partial charge is 0.339 e. The molecule has 0 saturated heterocycles. The molecule has 0 unspecified atom stereocenters. The van der Waals surface area contributed by atoms with Crippen LogP contribution in [0.3, 0.4) is 0 Å². The summed E-state index contributed by atoms with van der Waals surface area (Å²) in [6.07, 6.45) is 0. The molecule has 0 bridgehead atoms. The lowest BCUT2D eigenvalue weighted by molar-refractivity contribution is 0.0515. The van der Waals surface area contributed by atoms with Crippen LogP contribution in [0.5, 0.6) is 0 Å². The van der Waals surface area contributed by atoms with E-state index in [0.717, 1.165) is 27.5 Å². The summed E-state index contributed by atoms with van der Waals surface area (Å²) in [4.78, 5) is 12.0. The first kappa shape index (κ1) is 14.5. The number of carbonyl (C=O) groups is 1. The van der Waals surface area contributed by atoms with Crippen LogP contribution in [-0.2, 0) is 4.74 Å². The summed E-state index contributed by atoms with van der Waals surface area (Å²) in [5.41, 5.74) is 9.04. The van der Waals surface area contributed by atoms with Crippen LogP contribution in [0.2, 0.25) is 0 Å². The standard InChI is InChI=1S/C20H16N2O2/c21-13-24-20(23)14-10-11-19-17(12-14)16-8-4-5-9-18(16)22(19)15-6-2-1-3-7-15/h1-12H,13,21H2. The van der Waals surface area contributed by atoms with E-state index in [0.29, 0.717) is 5.56 Å². The molecule has 0 fully saturated rings. The SMILES string of the molecule is NCOC(=O)c1ccc2c(c1)c1ccccc1n2-c1ccccc1. The molecule has 1 aromatic heterocycles. The number of hydrogen-bond donors (Lipinski definition) is 1. The number of nitrogens with two attached hydrogens (primary N) is 1. The normalized spacial score (nSPS) is 11.0. The van der Waals surface area contributed by atoms with Crippen molar-refractivity contribution in [1.29, 1.82) is 0 Å². The highest BCUT2D eigenvalue weighted by molar-refractivity contribution is 6.11. The molecule has 4 heteroatoms. The largest absolute Gasteiger partial charge is 0.446 e. The lowest BCUT2D eigenvalue weighted by Gasteiger charge is -2.07. The molecule has 24 heavy (non-hydrogen) atoms. The second kappa shape index (κ2) is 5.83. The van der Waals surface area contributed by atoms with Gasteiger partial charge in [0.2, 0.25) is 0 Å². The number of benzene rings is 3. The molecule has 0 aliphatic carbocycles. The highest BCUT2D eigenvalue weighted by Gasteiger charge is 2.14. The Morgan fingerprint density at radius 2 is 1.58 bits per heavy atom. The van der Waals surface area contributed by atoms with Gasteiger partial charge in [-0.25, -0.2) is 4.79 Å². The van der Waals surface area contributed by atoms with Crippen molar-refractivity contribution >= 4 is 27.8 Å². The molecular weight excluding hydrogens is 300 g/mol. The van der Waals surface area contributed by atoms with Crippen LogP contribution in [0, 0.1) is 0 Å². The fraction of sp³-hybridized carbons (Fsp3) is 0.0500. The van der Waals surface area contributed by atoms with Gasteiger partial charge in [0.15, 0.2) is 0 Å². The van der Waals surface area contributed by atoms with Gasteiger partial charge in [-0.2, -0.15) is 0 Å². The minimum absolute atomic E-state index is 0.122. The molecule has 1 heterocycles. The lowest BCUT2D eigenvalue weighted by atomic mass is 10.1. The first-order chi connectivity index (χ1) is 11.8. The van der Waals surface area contributed by atoms with Gasteiger partial charge in [-0.15, -0.1) is 0 Å². The maximum Gasteiger partial charge on any atom is 0.339 e. The number of para-hydroxylation sites is 2. The number of rotatable bonds is 3. The third kappa shape index (κ3) is 2.25. The number of nitrogens with zero attached hydrogens (tertiary/aromatic N) is 1. The van der Waals surface area contributed by atoms with Crippen molar-refractivity contribution in [3.63, 3.8) is 0 Å². The Bertz CT molecular complexity index is 1040. The quantitative estimate of drug-likeness (QED) is 0.461. The molecule has 3 aromatic carbocycles. The molecule has 4 rings (SSSR count). The van der Waals surface area contributed by atoms with Gasteiger partial charge in [0.05, 0.1) is 16.6 Å². The van der Waals surface area contributed by atoms with E-state index in [4.69, 9.17) is 10.5 Å². The van der Waals surface area contributed by atoms with E-state index >= 15 is 0 Å². The van der Waals surface area contributed by atoms with Gasteiger partial charge in [-0.1, -0.05) is 36.4 Å². The van der Waals surface area contributed by atoms with E-state index in [1.807, 2.05) is 42.5 Å². The van der Waals surface area contributed by atoms with Crippen molar-refractivity contribution in [2.75, 3.05) is 6.73 Å².